The number of aromatic nitrogens is 1. The maximum Gasteiger partial charge on any atom is 0.240 e. The molecule has 108 valence electrons. The second kappa shape index (κ2) is 5.67. The van der Waals surface area contributed by atoms with Crippen LogP contribution in [-0.2, 0) is 11.3 Å². The molecule has 0 spiro atoms. The van der Waals surface area contributed by atoms with Crippen molar-refractivity contribution in [2.45, 2.75) is 32.9 Å². The topological polar surface area (TPSA) is 54.3 Å². The molecule has 2 rings (SSSR count). The molecule has 4 heteroatoms. The Hall–Kier alpha value is -1.81. The van der Waals surface area contributed by atoms with Crippen LogP contribution >= 0.6 is 0 Å². The molecule has 0 saturated heterocycles. The van der Waals surface area contributed by atoms with Crippen LogP contribution in [0.15, 0.2) is 36.5 Å². The van der Waals surface area contributed by atoms with Crippen LogP contribution in [0, 0.1) is 5.92 Å². The van der Waals surface area contributed by atoms with E-state index in [-0.39, 0.29) is 24.9 Å². The van der Waals surface area contributed by atoms with E-state index < -0.39 is 5.60 Å². The third kappa shape index (κ3) is 3.20. The van der Waals surface area contributed by atoms with Crippen LogP contribution in [0.5, 0.6) is 0 Å². The van der Waals surface area contributed by atoms with Crippen molar-refractivity contribution < 1.29 is 9.90 Å². The molecular weight excluding hydrogens is 252 g/mol. The minimum atomic E-state index is -0.881. The number of amides is 1. The molecule has 0 bridgehead atoms. The lowest BCUT2D eigenvalue weighted by Gasteiger charge is -2.27. The van der Waals surface area contributed by atoms with Crippen molar-refractivity contribution in [3.63, 3.8) is 0 Å². The summed E-state index contributed by atoms with van der Waals surface area (Å²) in [5.41, 5.74) is 0.160. The highest BCUT2D eigenvalue weighted by atomic mass is 16.3. The van der Waals surface area contributed by atoms with E-state index in [4.69, 9.17) is 0 Å². The number of nitrogens with zero attached hydrogens (tertiary/aromatic N) is 1. The molecule has 4 nitrogen and oxygen atoms in total. The number of fused-ring (bicyclic) bond motifs is 1. The summed E-state index contributed by atoms with van der Waals surface area (Å²) in [5.74, 6) is 0.00230. The fourth-order valence-corrected chi connectivity index (χ4v) is 1.97. The SMILES string of the molecule is CC(C)C(C)(O)CNC(=O)Cn1ccc2ccccc21. The fraction of sp³-hybridized carbons (Fsp3) is 0.438. The summed E-state index contributed by atoms with van der Waals surface area (Å²) in [6.07, 6.45) is 1.91. The lowest BCUT2D eigenvalue weighted by atomic mass is 9.92. The van der Waals surface area contributed by atoms with Gasteiger partial charge in [-0.25, -0.2) is 0 Å². The number of nitrogens with one attached hydrogen (secondary N) is 1. The van der Waals surface area contributed by atoms with Gasteiger partial charge in [0.15, 0.2) is 0 Å². The standard InChI is InChI=1S/C16H22N2O2/c1-12(2)16(3,20)11-17-15(19)10-18-9-8-13-6-4-5-7-14(13)18/h4-9,12,20H,10-11H2,1-3H3,(H,17,19). The molecule has 1 heterocycles. The van der Waals surface area contributed by atoms with Crippen LogP contribution in [0.4, 0.5) is 0 Å². The summed E-state index contributed by atoms with van der Waals surface area (Å²) in [5, 5.41) is 14.0. The molecule has 1 aromatic heterocycles. The maximum absolute atomic E-state index is 12.0. The van der Waals surface area contributed by atoms with Gasteiger partial charge in [0.25, 0.3) is 0 Å². The Morgan fingerprint density at radius 1 is 1.35 bits per heavy atom. The molecule has 1 aromatic carbocycles. The van der Waals surface area contributed by atoms with Gasteiger partial charge in [-0.3, -0.25) is 4.79 Å². The zero-order valence-corrected chi connectivity index (χ0v) is 12.3. The highest BCUT2D eigenvalue weighted by Gasteiger charge is 2.25. The van der Waals surface area contributed by atoms with Crippen LogP contribution in [0.2, 0.25) is 0 Å². The number of hydrogen-bond donors (Lipinski definition) is 2. The normalized spacial score (nSPS) is 14.4. The van der Waals surface area contributed by atoms with Gasteiger partial charge in [0.05, 0.1) is 5.60 Å². The van der Waals surface area contributed by atoms with E-state index >= 15 is 0 Å². The third-order valence-corrected chi connectivity index (χ3v) is 3.88. The van der Waals surface area contributed by atoms with Crippen molar-refractivity contribution in [1.29, 1.82) is 0 Å². The Bertz CT molecular complexity index is 599. The van der Waals surface area contributed by atoms with Gasteiger partial charge in [-0.2, -0.15) is 0 Å². The zero-order chi connectivity index (χ0) is 14.8. The van der Waals surface area contributed by atoms with E-state index in [9.17, 15) is 9.90 Å². The largest absolute Gasteiger partial charge is 0.388 e. The van der Waals surface area contributed by atoms with E-state index in [0.717, 1.165) is 10.9 Å². The predicted molar refractivity (Wildman–Crippen MR) is 80.4 cm³/mol. The zero-order valence-electron chi connectivity index (χ0n) is 12.3. The van der Waals surface area contributed by atoms with Gasteiger partial charge in [-0.15, -0.1) is 0 Å². The van der Waals surface area contributed by atoms with E-state index in [1.54, 1.807) is 6.92 Å². The van der Waals surface area contributed by atoms with Crippen molar-refractivity contribution in [3.8, 4) is 0 Å². The number of benzene rings is 1. The van der Waals surface area contributed by atoms with E-state index in [1.165, 1.54) is 0 Å². The predicted octanol–water partition coefficient (Wildman–Crippen LogP) is 2.16. The number of aliphatic hydroxyl groups is 1. The maximum atomic E-state index is 12.0. The molecule has 0 aliphatic heterocycles. The van der Waals surface area contributed by atoms with Crippen LogP contribution in [-0.4, -0.2) is 27.7 Å². The molecule has 1 unspecified atom stereocenters. The second-order valence-corrected chi connectivity index (χ2v) is 5.79. The lowest BCUT2D eigenvalue weighted by Crippen LogP contribution is -2.45. The van der Waals surface area contributed by atoms with Crippen LogP contribution < -0.4 is 5.32 Å². The molecule has 1 amide bonds. The summed E-state index contributed by atoms with van der Waals surface area (Å²) >= 11 is 0. The Morgan fingerprint density at radius 2 is 2.05 bits per heavy atom. The fourth-order valence-electron chi connectivity index (χ4n) is 1.97. The lowest BCUT2D eigenvalue weighted by molar-refractivity contribution is -0.123. The Labute approximate surface area is 119 Å². The van der Waals surface area contributed by atoms with Crippen LogP contribution in [0.3, 0.4) is 0 Å². The van der Waals surface area contributed by atoms with Gasteiger partial charge in [0.2, 0.25) is 5.91 Å². The molecule has 0 aliphatic carbocycles. The number of carbonyl (C=O) groups is 1. The smallest absolute Gasteiger partial charge is 0.240 e. The van der Waals surface area contributed by atoms with E-state index in [1.807, 2.05) is 54.9 Å². The second-order valence-electron chi connectivity index (χ2n) is 5.79. The van der Waals surface area contributed by atoms with Gasteiger partial charge in [0.1, 0.15) is 6.54 Å². The average molecular weight is 274 g/mol. The molecule has 0 saturated carbocycles. The number of hydrogen-bond acceptors (Lipinski definition) is 2. The highest BCUT2D eigenvalue weighted by molar-refractivity contribution is 5.83. The molecule has 0 aliphatic rings. The first-order valence-corrected chi connectivity index (χ1v) is 6.93. The van der Waals surface area contributed by atoms with Crippen LogP contribution in [0.25, 0.3) is 10.9 Å². The quantitative estimate of drug-likeness (QED) is 0.878. The van der Waals surface area contributed by atoms with Gasteiger partial charge < -0.3 is 15.0 Å². The van der Waals surface area contributed by atoms with Crippen molar-refractivity contribution in [2.75, 3.05) is 6.54 Å². The summed E-state index contributed by atoms with van der Waals surface area (Å²) in [6, 6.07) is 9.94. The molecular formula is C16H22N2O2. The van der Waals surface area contributed by atoms with Gasteiger partial charge in [-0.1, -0.05) is 32.0 Å². The summed E-state index contributed by atoms with van der Waals surface area (Å²) in [6.45, 7) is 6.14. The molecule has 0 radical (unpaired) electrons. The summed E-state index contributed by atoms with van der Waals surface area (Å²) in [7, 11) is 0. The number of para-hydroxylation sites is 1. The first kappa shape index (κ1) is 14.6. The highest BCUT2D eigenvalue weighted by Crippen LogP contribution is 2.16. The molecule has 2 aromatic rings. The molecule has 2 N–H and O–H groups in total. The first-order chi connectivity index (χ1) is 9.40. The van der Waals surface area contributed by atoms with Gasteiger partial charge in [0, 0.05) is 18.3 Å². The monoisotopic (exact) mass is 274 g/mol. The number of carbonyl (C=O) groups excluding carboxylic acids is 1. The number of rotatable bonds is 5. The van der Waals surface area contributed by atoms with Crippen molar-refractivity contribution in [3.05, 3.63) is 36.5 Å². The third-order valence-electron chi connectivity index (χ3n) is 3.88. The summed E-state index contributed by atoms with van der Waals surface area (Å²) < 4.78 is 1.91. The van der Waals surface area contributed by atoms with Crippen LogP contribution in [0.1, 0.15) is 20.8 Å². The average Bonchev–Trinajstić information content (AvgIpc) is 2.80. The Kier molecular flexibility index (Phi) is 4.14. The summed E-state index contributed by atoms with van der Waals surface area (Å²) in [4.78, 5) is 12.0. The van der Waals surface area contributed by atoms with Gasteiger partial charge >= 0.3 is 0 Å². The first-order valence-electron chi connectivity index (χ1n) is 6.93. The minimum Gasteiger partial charge on any atom is -0.388 e. The molecule has 20 heavy (non-hydrogen) atoms. The van der Waals surface area contributed by atoms with E-state index in [0.29, 0.717) is 0 Å². The van der Waals surface area contributed by atoms with Gasteiger partial charge in [-0.05, 0) is 30.4 Å². The van der Waals surface area contributed by atoms with Crippen molar-refractivity contribution in [1.82, 2.24) is 9.88 Å². The minimum absolute atomic E-state index is 0.0905. The van der Waals surface area contributed by atoms with Crippen molar-refractivity contribution >= 4 is 16.8 Å². The van der Waals surface area contributed by atoms with Crippen molar-refractivity contribution in [2.24, 2.45) is 5.92 Å². The molecule has 1 atom stereocenters. The molecule has 0 fully saturated rings. The van der Waals surface area contributed by atoms with E-state index in [2.05, 4.69) is 5.32 Å². The Balaban J connectivity index is 1.98. The Morgan fingerprint density at radius 3 is 2.75 bits per heavy atom.